The summed E-state index contributed by atoms with van der Waals surface area (Å²) in [6.07, 6.45) is 6.97. The summed E-state index contributed by atoms with van der Waals surface area (Å²) in [6, 6.07) is 1.72. The first kappa shape index (κ1) is 12.7. The van der Waals surface area contributed by atoms with Gasteiger partial charge < -0.3 is 10.2 Å². The normalized spacial score (nSPS) is 19.1. The minimum Gasteiger partial charge on any atom is -0.370 e. The molecular weight excluding hydrogens is 240 g/mol. The maximum absolute atomic E-state index is 12.0. The Labute approximate surface area is 113 Å². The van der Waals surface area contributed by atoms with Crippen LogP contribution in [0.1, 0.15) is 25.7 Å². The van der Waals surface area contributed by atoms with Crippen LogP contribution in [0, 0.1) is 5.92 Å². The number of nitrogens with one attached hydrogen (secondary N) is 1. The molecule has 2 aliphatic rings. The van der Waals surface area contributed by atoms with Crippen molar-refractivity contribution in [3.8, 4) is 0 Å². The first-order valence-corrected chi connectivity index (χ1v) is 7.36. The lowest BCUT2D eigenvalue weighted by atomic mass is 10.4. The minimum absolute atomic E-state index is 0.0117. The molecule has 1 N–H and O–H groups in total. The average Bonchev–Trinajstić information content (AvgIpc) is 3.07. The molecule has 5 heteroatoms. The molecule has 0 aromatic carbocycles. The van der Waals surface area contributed by atoms with Crippen molar-refractivity contribution in [2.75, 3.05) is 31.1 Å². The van der Waals surface area contributed by atoms with Gasteiger partial charge in [-0.1, -0.05) is 0 Å². The fraction of sp³-hybridized carbons (Fsp3) is 0.714. The summed E-state index contributed by atoms with van der Waals surface area (Å²) >= 11 is 0. The fourth-order valence-electron chi connectivity index (χ4n) is 2.55. The maximum Gasteiger partial charge on any atom is 0.268 e. The van der Waals surface area contributed by atoms with Gasteiger partial charge in [0.2, 0.25) is 0 Å². The summed E-state index contributed by atoms with van der Waals surface area (Å²) in [6.45, 7) is 4.67. The molecule has 1 aliphatic carbocycles. The van der Waals surface area contributed by atoms with Gasteiger partial charge in [0.1, 0.15) is 0 Å². The summed E-state index contributed by atoms with van der Waals surface area (Å²) < 4.78 is 1.56. The van der Waals surface area contributed by atoms with E-state index in [-0.39, 0.29) is 5.56 Å². The number of hydrogen-bond acceptors (Lipinski definition) is 4. The van der Waals surface area contributed by atoms with Gasteiger partial charge in [-0.15, -0.1) is 0 Å². The average molecular weight is 262 g/mol. The monoisotopic (exact) mass is 262 g/mol. The van der Waals surface area contributed by atoms with Gasteiger partial charge in [-0.05, 0) is 38.1 Å². The van der Waals surface area contributed by atoms with Crippen molar-refractivity contribution >= 4 is 5.69 Å². The molecule has 0 atom stereocenters. The summed E-state index contributed by atoms with van der Waals surface area (Å²) in [5, 5.41) is 7.66. The molecule has 104 valence electrons. The molecule has 1 saturated heterocycles. The highest BCUT2D eigenvalue weighted by Gasteiger charge is 2.20. The largest absolute Gasteiger partial charge is 0.370 e. The Bertz CT molecular complexity index is 475. The zero-order valence-corrected chi connectivity index (χ0v) is 11.3. The maximum atomic E-state index is 12.0. The highest BCUT2D eigenvalue weighted by atomic mass is 16.1. The van der Waals surface area contributed by atoms with E-state index in [4.69, 9.17) is 0 Å². The third-order valence-corrected chi connectivity index (χ3v) is 3.96. The third kappa shape index (κ3) is 3.35. The second-order valence-corrected chi connectivity index (χ2v) is 5.62. The van der Waals surface area contributed by atoms with Crippen LogP contribution < -0.4 is 15.8 Å². The molecule has 0 bridgehead atoms. The van der Waals surface area contributed by atoms with Crippen molar-refractivity contribution in [2.24, 2.45) is 5.92 Å². The molecule has 19 heavy (non-hydrogen) atoms. The Hall–Kier alpha value is -1.36. The number of rotatable bonds is 6. The zero-order chi connectivity index (χ0) is 13.1. The topological polar surface area (TPSA) is 50.2 Å². The molecule has 1 aromatic rings. The van der Waals surface area contributed by atoms with E-state index in [9.17, 15) is 4.79 Å². The smallest absolute Gasteiger partial charge is 0.268 e. The summed E-state index contributed by atoms with van der Waals surface area (Å²) in [5.74, 6) is 0.877. The number of hydrogen-bond donors (Lipinski definition) is 1. The van der Waals surface area contributed by atoms with Crippen molar-refractivity contribution in [2.45, 2.75) is 32.2 Å². The summed E-state index contributed by atoms with van der Waals surface area (Å²) in [5.41, 5.74) is 0.988. The molecule has 1 aliphatic heterocycles. The zero-order valence-electron chi connectivity index (χ0n) is 11.3. The SMILES string of the molecule is O=c1cc(N2CCCC2)cnn1CCNCC1CC1. The second-order valence-electron chi connectivity index (χ2n) is 5.62. The van der Waals surface area contributed by atoms with E-state index in [1.54, 1.807) is 10.7 Å². The Morgan fingerprint density at radius 1 is 1.32 bits per heavy atom. The highest BCUT2D eigenvalue weighted by molar-refractivity contribution is 5.43. The predicted octanol–water partition coefficient (Wildman–Crippen LogP) is 0.843. The quantitative estimate of drug-likeness (QED) is 0.772. The van der Waals surface area contributed by atoms with Crippen LogP contribution in [0.2, 0.25) is 0 Å². The summed E-state index contributed by atoms with van der Waals surface area (Å²) in [7, 11) is 0. The van der Waals surface area contributed by atoms with Crippen LogP contribution in [0.15, 0.2) is 17.1 Å². The Morgan fingerprint density at radius 3 is 2.79 bits per heavy atom. The van der Waals surface area contributed by atoms with Gasteiger partial charge in [-0.3, -0.25) is 4.79 Å². The van der Waals surface area contributed by atoms with Gasteiger partial charge in [0.25, 0.3) is 5.56 Å². The van der Waals surface area contributed by atoms with E-state index in [2.05, 4.69) is 15.3 Å². The van der Waals surface area contributed by atoms with Crippen LogP contribution in [0.25, 0.3) is 0 Å². The fourth-order valence-corrected chi connectivity index (χ4v) is 2.55. The minimum atomic E-state index is 0.0117. The van der Waals surface area contributed by atoms with Crippen molar-refractivity contribution < 1.29 is 0 Å². The van der Waals surface area contributed by atoms with E-state index in [1.165, 1.54) is 25.7 Å². The molecule has 5 nitrogen and oxygen atoms in total. The van der Waals surface area contributed by atoms with E-state index >= 15 is 0 Å². The molecular formula is C14H22N4O. The van der Waals surface area contributed by atoms with Gasteiger partial charge in [-0.2, -0.15) is 5.10 Å². The van der Waals surface area contributed by atoms with Gasteiger partial charge in [-0.25, -0.2) is 4.68 Å². The van der Waals surface area contributed by atoms with Crippen LogP contribution in [-0.4, -0.2) is 36.0 Å². The summed E-state index contributed by atoms with van der Waals surface area (Å²) in [4.78, 5) is 14.2. The van der Waals surface area contributed by atoms with Crippen LogP contribution >= 0.6 is 0 Å². The second kappa shape index (κ2) is 5.74. The molecule has 0 spiro atoms. The molecule has 1 saturated carbocycles. The van der Waals surface area contributed by atoms with Crippen LogP contribution in [0.4, 0.5) is 5.69 Å². The van der Waals surface area contributed by atoms with Crippen LogP contribution in [0.3, 0.4) is 0 Å². The van der Waals surface area contributed by atoms with E-state index < -0.39 is 0 Å². The number of anilines is 1. The van der Waals surface area contributed by atoms with Gasteiger partial charge in [0.15, 0.2) is 0 Å². The lowest BCUT2D eigenvalue weighted by molar-refractivity contribution is 0.522. The Balaban J connectivity index is 1.54. The van der Waals surface area contributed by atoms with Crippen molar-refractivity contribution in [3.63, 3.8) is 0 Å². The van der Waals surface area contributed by atoms with Crippen molar-refractivity contribution in [3.05, 3.63) is 22.6 Å². The predicted molar refractivity (Wildman–Crippen MR) is 75.5 cm³/mol. The highest BCUT2D eigenvalue weighted by Crippen LogP contribution is 2.27. The lowest BCUT2D eigenvalue weighted by Crippen LogP contribution is -2.30. The van der Waals surface area contributed by atoms with E-state index in [1.807, 2.05) is 6.20 Å². The van der Waals surface area contributed by atoms with E-state index in [0.717, 1.165) is 37.8 Å². The molecule has 3 rings (SSSR count). The third-order valence-electron chi connectivity index (χ3n) is 3.96. The first-order chi connectivity index (χ1) is 9.33. The lowest BCUT2D eigenvalue weighted by Gasteiger charge is -2.17. The Kier molecular flexibility index (Phi) is 3.82. The molecule has 0 amide bonds. The van der Waals surface area contributed by atoms with Crippen molar-refractivity contribution in [1.82, 2.24) is 15.1 Å². The molecule has 2 heterocycles. The van der Waals surface area contributed by atoms with Crippen LogP contribution in [-0.2, 0) is 6.54 Å². The van der Waals surface area contributed by atoms with E-state index in [0.29, 0.717) is 6.54 Å². The molecule has 0 unspecified atom stereocenters. The molecule has 1 aromatic heterocycles. The standard InChI is InChI=1S/C14H22N4O/c19-14-9-13(17-6-1-2-7-17)11-16-18(14)8-5-15-10-12-3-4-12/h9,11-12,15H,1-8,10H2. The van der Waals surface area contributed by atoms with Gasteiger partial charge in [0, 0.05) is 25.7 Å². The van der Waals surface area contributed by atoms with Crippen LogP contribution in [0.5, 0.6) is 0 Å². The number of aromatic nitrogens is 2. The Morgan fingerprint density at radius 2 is 2.11 bits per heavy atom. The number of nitrogens with zero attached hydrogens (tertiary/aromatic N) is 3. The molecule has 2 fully saturated rings. The van der Waals surface area contributed by atoms with Crippen molar-refractivity contribution in [1.29, 1.82) is 0 Å². The van der Waals surface area contributed by atoms with Gasteiger partial charge >= 0.3 is 0 Å². The molecule has 0 radical (unpaired) electrons. The van der Waals surface area contributed by atoms with Gasteiger partial charge in [0.05, 0.1) is 18.4 Å². The first-order valence-electron chi connectivity index (χ1n) is 7.36.